The normalized spacial score (nSPS) is 12.0. The first-order chi connectivity index (χ1) is 12.5. The number of amides is 1. The molecule has 0 saturated heterocycles. The summed E-state index contributed by atoms with van der Waals surface area (Å²) in [7, 11) is 0. The van der Waals surface area contributed by atoms with Gasteiger partial charge < -0.3 is 5.32 Å². The first kappa shape index (κ1) is 18.4. The second-order valence-electron chi connectivity index (χ2n) is 5.81. The predicted octanol–water partition coefficient (Wildman–Crippen LogP) is 3.42. The molecule has 0 fully saturated rings. The SMILES string of the molecule is Cc1ccc(-n2nnnc2SC(C)C(=O)NCc2ccc(Cl)cc2)cc1. The highest BCUT2D eigenvalue weighted by molar-refractivity contribution is 8.00. The van der Waals surface area contributed by atoms with Gasteiger partial charge in [-0.25, -0.2) is 0 Å². The van der Waals surface area contributed by atoms with Crippen LogP contribution in [0.25, 0.3) is 5.69 Å². The second-order valence-corrected chi connectivity index (χ2v) is 7.56. The first-order valence-corrected chi connectivity index (χ1v) is 9.33. The monoisotopic (exact) mass is 387 g/mol. The molecule has 0 saturated carbocycles. The summed E-state index contributed by atoms with van der Waals surface area (Å²) < 4.78 is 1.63. The third kappa shape index (κ3) is 4.62. The quantitative estimate of drug-likeness (QED) is 0.656. The molecule has 26 heavy (non-hydrogen) atoms. The van der Waals surface area contributed by atoms with Gasteiger partial charge in [0.25, 0.3) is 0 Å². The van der Waals surface area contributed by atoms with Gasteiger partial charge in [-0.05, 0) is 54.1 Å². The van der Waals surface area contributed by atoms with E-state index in [1.54, 1.807) is 16.8 Å². The van der Waals surface area contributed by atoms with Gasteiger partial charge in [-0.1, -0.05) is 53.2 Å². The Labute approximate surface area is 160 Å². The molecule has 0 aliphatic heterocycles. The second kappa shape index (κ2) is 8.33. The van der Waals surface area contributed by atoms with E-state index in [1.165, 1.54) is 11.8 Å². The van der Waals surface area contributed by atoms with Crippen LogP contribution in [0.2, 0.25) is 5.02 Å². The summed E-state index contributed by atoms with van der Waals surface area (Å²) in [4.78, 5) is 12.4. The molecule has 0 radical (unpaired) electrons. The van der Waals surface area contributed by atoms with Crippen molar-refractivity contribution in [1.82, 2.24) is 25.5 Å². The summed E-state index contributed by atoms with van der Waals surface area (Å²) in [6.07, 6.45) is 0. The average molecular weight is 388 g/mol. The number of rotatable bonds is 6. The maximum Gasteiger partial charge on any atom is 0.233 e. The van der Waals surface area contributed by atoms with Crippen LogP contribution in [0.3, 0.4) is 0 Å². The van der Waals surface area contributed by atoms with E-state index in [2.05, 4.69) is 20.8 Å². The molecule has 0 aliphatic rings. The van der Waals surface area contributed by atoms with E-state index in [0.29, 0.717) is 16.7 Å². The maximum absolute atomic E-state index is 12.4. The Balaban J connectivity index is 1.62. The van der Waals surface area contributed by atoms with Crippen LogP contribution in [0.1, 0.15) is 18.1 Å². The van der Waals surface area contributed by atoms with E-state index in [-0.39, 0.29) is 11.2 Å². The van der Waals surface area contributed by atoms with Crippen LogP contribution in [0.4, 0.5) is 0 Å². The van der Waals surface area contributed by atoms with Crippen molar-refractivity contribution in [3.05, 3.63) is 64.7 Å². The van der Waals surface area contributed by atoms with Gasteiger partial charge in [-0.2, -0.15) is 4.68 Å². The highest BCUT2D eigenvalue weighted by Crippen LogP contribution is 2.23. The molecule has 3 aromatic rings. The zero-order valence-electron chi connectivity index (χ0n) is 14.4. The number of nitrogens with zero attached hydrogens (tertiary/aromatic N) is 4. The maximum atomic E-state index is 12.4. The van der Waals surface area contributed by atoms with Crippen molar-refractivity contribution in [2.75, 3.05) is 0 Å². The van der Waals surface area contributed by atoms with Gasteiger partial charge >= 0.3 is 0 Å². The summed E-state index contributed by atoms with van der Waals surface area (Å²) >= 11 is 7.18. The standard InChI is InChI=1S/C18H18ClN5OS/c1-12-3-9-16(10-4-12)24-18(21-22-23-24)26-13(2)17(25)20-11-14-5-7-15(19)8-6-14/h3-10,13H,11H2,1-2H3,(H,20,25). The number of carbonyl (C=O) groups excluding carboxylic acids is 1. The van der Waals surface area contributed by atoms with Crippen LogP contribution >= 0.6 is 23.4 Å². The van der Waals surface area contributed by atoms with Gasteiger partial charge in [0.1, 0.15) is 0 Å². The van der Waals surface area contributed by atoms with Crippen LogP contribution in [0, 0.1) is 6.92 Å². The molecule has 1 unspecified atom stereocenters. The zero-order valence-corrected chi connectivity index (χ0v) is 16.0. The lowest BCUT2D eigenvalue weighted by atomic mass is 10.2. The molecule has 8 heteroatoms. The van der Waals surface area contributed by atoms with Gasteiger partial charge in [-0.3, -0.25) is 4.79 Å². The first-order valence-electron chi connectivity index (χ1n) is 8.07. The number of halogens is 1. The van der Waals surface area contributed by atoms with Crippen LogP contribution in [0.5, 0.6) is 0 Å². The van der Waals surface area contributed by atoms with E-state index in [0.717, 1.165) is 16.8 Å². The van der Waals surface area contributed by atoms with Crippen molar-refractivity contribution < 1.29 is 4.79 Å². The molecule has 0 spiro atoms. The number of thioether (sulfide) groups is 1. The van der Waals surface area contributed by atoms with E-state index in [9.17, 15) is 4.79 Å². The molecule has 0 bridgehead atoms. The fourth-order valence-corrected chi connectivity index (χ4v) is 3.21. The molecule has 6 nitrogen and oxygen atoms in total. The molecule has 1 aromatic heterocycles. The smallest absolute Gasteiger partial charge is 0.233 e. The molecule has 3 rings (SSSR count). The van der Waals surface area contributed by atoms with Crippen molar-refractivity contribution in [2.45, 2.75) is 30.8 Å². The van der Waals surface area contributed by atoms with Gasteiger partial charge in [-0.15, -0.1) is 5.10 Å². The number of benzene rings is 2. The molecule has 1 amide bonds. The molecule has 1 N–H and O–H groups in total. The van der Waals surface area contributed by atoms with E-state index in [4.69, 9.17) is 11.6 Å². The molecule has 1 heterocycles. The molecule has 1 atom stereocenters. The lowest BCUT2D eigenvalue weighted by Gasteiger charge is -2.12. The van der Waals surface area contributed by atoms with Crippen LogP contribution in [0.15, 0.2) is 53.7 Å². The third-order valence-corrected chi connectivity index (χ3v) is 5.04. The summed E-state index contributed by atoms with van der Waals surface area (Å²) in [5.41, 5.74) is 3.01. The Kier molecular flexibility index (Phi) is 5.90. The van der Waals surface area contributed by atoms with Gasteiger partial charge in [0.2, 0.25) is 11.1 Å². The van der Waals surface area contributed by atoms with Crippen LogP contribution in [-0.4, -0.2) is 31.4 Å². The minimum Gasteiger partial charge on any atom is -0.351 e. The topological polar surface area (TPSA) is 72.7 Å². The van der Waals surface area contributed by atoms with E-state index < -0.39 is 0 Å². The Morgan fingerprint density at radius 1 is 1.19 bits per heavy atom. The van der Waals surface area contributed by atoms with Crippen molar-refractivity contribution in [2.24, 2.45) is 0 Å². The number of hydrogen-bond donors (Lipinski definition) is 1. The number of aryl methyl sites for hydroxylation is 1. The Bertz CT molecular complexity index is 879. The Hall–Kier alpha value is -2.38. The molecule has 0 aliphatic carbocycles. The van der Waals surface area contributed by atoms with Crippen molar-refractivity contribution >= 4 is 29.3 Å². The number of nitrogens with one attached hydrogen (secondary N) is 1. The lowest BCUT2D eigenvalue weighted by molar-refractivity contribution is -0.120. The highest BCUT2D eigenvalue weighted by atomic mass is 35.5. The van der Waals surface area contributed by atoms with Crippen molar-refractivity contribution in [3.63, 3.8) is 0 Å². The molecule has 2 aromatic carbocycles. The Morgan fingerprint density at radius 3 is 2.58 bits per heavy atom. The summed E-state index contributed by atoms with van der Waals surface area (Å²) in [6.45, 7) is 4.30. The highest BCUT2D eigenvalue weighted by Gasteiger charge is 2.19. The van der Waals surface area contributed by atoms with E-state index >= 15 is 0 Å². The number of hydrogen-bond acceptors (Lipinski definition) is 5. The fourth-order valence-electron chi connectivity index (χ4n) is 2.25. The number of aromatic nitrogens is 4. The van der Waals surface area contributed by atoms with Crippen LogP contribution < -0.4 is 5.32 Å². The number of tetrazole rings is 1. The summed E-state index contributed by atoms with van der Waals surface area (Å²) in [6, 6.07) is 15.3. The third-order valence-electron chi connectivity index (χ3n) is 3.75. The fraction of sp³-hybridized carbons (Fsp3) is 0.222. The minimum atomic E-state index is -0.336. The minimum absolute atomic E-state index is 0.0802. The Morgan fingerprint density at radius 2 is 1.88 bits per heavy atom. The van der Waals surface area contributed by atoms with Gasteiger partial charge in [0.15, 0.2) is 0 Å². The lowest BCUT2D eigenvalue weighted by Crippen LogP contribution is -2.30. The van der Waals surface area contributed by atoms with Gasteiger partial charge in [0.05, 0.1) is 10.9 Å². The zero-order chi connectivity index (χ0) is 18.5. The van der Waals surface area contributed by atoms with Gasteiger partial charge in [0, 0.05) is 11.6 Å². The predicted molar refractivity (Wildman–Crippen MR) is 103 cm³/mol. The molecular formula is C18H18ClN5OS. The van der Waals surface area contributed by atoms with Crippen LogP contribution in [-0.2, 0) is 11.3 Å². The number of carbonyl (C=O) groups is 1. The molecule has 134 valence electrons. The summed E-state index contributed by atoms with van der Waals surface area (Å²) in [5, 5.41) is 15.6. The summed E-state index contributed by atoms with van der Waals surface area (Å²) in [5.74, 6) is -0.0802. The largest absolute Gasteiger partial charge is 0.351 e. The molecular weight excluding hydrogens is 370 g/mol. The average Bonchev–Trinajstić information content (AvgIpc) is 3.09. The van der Waals surface area contributed by atoms with E-state index in [1.807, 2.05) is 50.2 Å². The van der Waals surface area contributed by atoms with Crippen molar-refractivity contribution in [3.8, 4) is 5.69 Å². The van der Waals surface area contributed by atoms with Crippen molar-refractivity contribution in [1.29, 1.82) is 0 Å².